The largest absolute Gasteiger partial charge is 0.426 e. The van der Waals surface area contributed by atoms with Gasteiger partial charge in [0.15, 0.2) is 9.84 Å². The second-order valence-corrected chi connectivity index (χ2v) is 7.87. The van der Waals surface area contributed by atoms with Crippen LogP contribution in [0.1, 0.15) is 17.5 Å². The molecule has 0 aliphatic rings. The van der Waals surface area contributed by atoms with Crippen molar-refractivity contribution in [2.24, 2.45) is 0 Å². The highest BCUT2D eigenvalue weighted by Crippen LogP contribution is 2.18. The van der Waals surface area contributed by atoms with Crippen molar-refractivity contribution in [3.63, 3.8) is 0 Å². The van der Waals surface area contributed by atoms with E-state index in [1.54, 1.807) is 12.1 Å². The summed E-state index contributed by atoms with van der Waals surface area (Å²) >= 11 is 5.74. The molecule has 0 bridgehead atoms. The Hall–Kier alpha value is -1.85. The average molecular weight is 353 g/mol. The van der Waals surface area contributed by atoms with E-state index in [2.05, 4.69) is 0 Å². The zero-order valence-corrected chi connectivity index (χ0v) is 14.4. The predicted octanol–water partition coefficient (Wildman–Crippen LogP) is 3.73. The molecule has 0 aliphatic heterocycles. The minimum absolute atomic E-state index is 0.140. The molecule has 4 nitrogen and oxygen atoms in total. The van der Waals surface area contributed by atoms with Crippen LogP contribution in [0.25, 0.3) is 0 Å². The first kappa shape index (κ1) is 17.5. The zero-order valence-electron chi connectivity index (χ0n) is 12.9. The second kappa shape index (κ2) is 7.15. The SMILES string of the molecule is Cc1cc(C)cc(OC(=O)CCS(=O)(=O)c2ccc(Cl)cc2)c1. The van der Waals surface area contributed by atoms with Crippen LogP contribution in [0.3, 0.4) is 0 Å². The van der Waals surface area contributed by atoms with E-state index in [0.717, 1.165) is 11.1 Å². The van der Waals surface area contributed by atoms with Gasteiger partial charge in [-0.25, -0.2) is 8.42 Å². The molecule has 0 unspecified atom stereocenters. The summed E-state index contributed by atoms with van der Waals surface area (Å²) in [7, 11) is -3.54. The third-order valence-corrected chi connectivity index (χ3v) is 5.16. The smallest absolute Gasteiger partial charge is 0.312 e. The second-order valence-electron chi connectivity index (χ2n) is 5.32. The highest BCUT2D eigenvalue weighted by Gasteiger charge is 2.17. The van der Waals surface area contributed by atoms with Crippen molar-refractivity contribution in [1.82, 2.24) is 0 Å². The molecular weight excluding hydrogens is 336 g/mol. The summed E-state index contributed by atoms with van der Waals surface area (Å²) in [6, 6.07) is 11.3. The lowest BCUT2D eigenvalue weighted by Crippen LogP contribution is -2.15. The number of ether oxygens (including phenoxy) is 1. The molecule has 6 heteroatoms. The number of sulfone groups is 1. The highest BCUT2D eigenvalue weighted by molar-refractivity contribution is 7.91. The van der Waals surface area contributed by atoms with Gasteiger partial charge in [0.1, 0.15) is 5.75 Å². The number of halogens is 1. The van der Waals surface area contributed by atoms with E-state index in [0.29, 0.717) is 10.8 Å². The molecule has 2 rings (SSSR count). The van der Waals surface area contributed by atoms with Gasteiger partial charge in [-0.15, -0.1) is 0 Å². The monoisotopic (exact) mass is 352 g/mol. The zero-order chi connectivity index (χ0) is 17.0. The highest BCUT2D eigenvalue weighted by atomic mass is 35.5. The van der Waals surface area contributed by atoms with E-state index in [1.165, 1.54) is 24.3 Å². The number of esters is 1. The molecule has 0 heterocycles. The molecule has 2 aromatic rings. The van der Waals surface area contributed by atoms with Crippen LogP contribution in [-0.4, -0.2) is 20.1 Å². The normalized spacial score (nSPS) is 11.3. The van der Waals surface area contributed by atoms with Gasteiger partial charge in [-0.3, -0.25) is 4.79 Å². The first-order valence-corrected chi connectivity index (χ1v) is 9.06. The summed E-state index contributed by atoms with van der Waals surface area (Å²) in [6.45, 7) is 3.80. The van der Waals surface area contributed by atoms with Gasteiger partial charge in [-0.05, 0) is 61.4 Å². The maximum Gasteiger partial charge on any atom is 0.312 e. The molecule has 0 saturated heterocycles. The number of aryl methyl sites for hydroxylation is 2. The molecule has 0 aliphatic carbocycles. The number of hydrogen-bond donors (Lipinski definition) is 0. The molecule has 0 aromatic heterocycles. The van der Waals surface area contributed by atoms with Crippen molar-refractivity contribution in [2.75, 3.05) is 5.75 Å². The molecule has 0 amide bonds. The number of hydrogen-bond acceptors (Lipinski definition) is 4. The Morgan fingerprint density at radius 1 is 1.04 bits per heavy atom. The Balaban J connectivity index is 1.99. The fraction of sp³-hybridized carbons (Fsp3) is 0.235. The fourth-order valence-electron chi connectivity index (χ4n) is 2.15. The molecule has 0 atom stereocenters. The van der Waals surface area contributed by atoms with Crippen LogP contribution < -0.4 is 4.74 Å². The Morgan fingerprint density at radius 3 is 2.17 bits per heavy atom. The van der Waals surface area contributed by atoms with Gasteiger partial charge < -0.3 is 4.74 Å². The van der Waals surface area contributed by atoms with Crippen LogP contribution in [0.5, 0.6) is 5.75 Å². The van der Waals surface area contributed by atoms with Crippen LogP contribution in [-0.2, 0) is 14.6 Å². The maximum atomic E-state index is 12.2. The van der Waals surface area contributed by atoms with E-state index in [9.17, 15) is 13.2 Å². The molecule has 0 saturated carbocycles. The summed E-state index contributed by atoms with van der Waals surface area (Å²) < 4.78 is 29.5. The summed E-state index contributed by atoms with van der Waals surface area (Å²) in [6.07, 6.45) is -0.210. The Labute approximate surface area is 141 Å². The van der Waals surface area contributed by atoms with Gasteiger partial charge in [0.2, 0.25) is 0 Å². The van der Waals surface area contributed by atoms with Crippen molar-refractivity contribution in [3.8, 4) is 5.75 Å². The van der Waals surface area contributed by atoms with Crippen molar-refractivity contribution >= 4 is 27.4 Å². The fourth-order valence-corrected chi connectivity index (χ4v) is 3.50. The van der Waals surface area contributed by atoms with Gasteiger partial charge in [0.25, 0.3) is 0 Å². The lowest BCUT2D eigenvalue weighted by Gasteiger charge is -2.07. The van der Waals surface area contributed by atoms with E-state index >= 15 is 0 Å². The van der Waals surface area contributed by atoms with Crippen LogP contribution >= 0.6 is 11.6 Å². The molecule has 0 N–H and O–H groups in total. The predicted molar refractivity (Wildman–Crippen MR) is 89.7 cm³/mol. The standard InChI is InChI=1S/C17H17ClO4S/c1-12-9-13(2)11-15(10-12)22-17(19)7-8-23(20,21)16-5-3-14(18)4-6-16/h3-6,9-11H,7-8H2,1-2H3. The maximum absolute atomic E-state index is 12.2. The number of carbonyl (C=O) groups excluding carboxylic acids is 1. The topological polar surface area (TPSA) is 60.4 Å². The third-order valence-electron chi connectivity index (χ3n) is 3.17. The molecular formula is C17H17ClO4S. The third kappa shape index (κ3) is 5.08. The Bertz CT molecular complexity index is 791. The number of carbonyl (C=O) groups is 1. The number of rotatable bonds is 5. The summed E-state index contributed by atoms with van der Waals surface area (Å²) in [5.41, 5.74) is 1.95. The molecule has 0 spiro atoms. The lowest BCUT2D eigenvalue weighted by atomic mass is 10.1. The van der Waals surface area contributed by atoms with Crippen molar-refractivity contribution in [3.05, 3.63) is 58.6 Å². The quantitative estimate of drug-likeness (QED) is 0.607. The van der Waals surface area contributed by atoms with Gasteiger partial charge in [-0.2, -0.15) is 0 Å². The van der Waals surface area contributed by atoms with Crippen LogP contribution in [0.2, 0.25) is 5.02 Å². The van der Waals surface area contributed by atoms with E-state index in [4.69, 9.17) is 16.3 Å². The van der Waals surface area contributed by atoms with Gasteiger partial charge in [-0.1, -0.05) is 17.7 Å². The average Bonchev–Trinajstić information content (AvgIpc) is 2.44. The Morgan fingerprint density at radius 2 is 1.61 bits per heavy atom. The van der Waals surface area contributed by atoms with Crippen LogP contribution in [0.15, 0.2) is 47.4 Å². The van der Waals surface area contributed by atoms with Crippen LogP contribution in [0.4, 0.5) is 0 Å². The minimum atomic E-state index is -3.54. The molecule has 0 radical (unpaired) electrons. The van der Waals surface area contributed by atoms with Gasteiger partial charge in [0.05, 0.1) is 17.1 Å². The first-order valence-electron chi connectivity index (χ1n) is 7.03. The summed E-state index contributed by atoms with van der Waals surface area (Å²) in [4.78, 5) is 12.0. The van der Waals surface area contributed by atoms with Crippen molar-refractivity contribution < 1.29 is 17.9 Å². The number of benzene rings is 2. The first-order chi connectivity index (χ1) is 10.8. The summed E-state index contributed by atoms with van der Waals surface area (Å²) in [5, 5.41) is 0.457. The van der Waals surface area contributed by atoms with Crippen molar-refractivity contribution in [1.29, 1.82) is 0 Å². The molecule has 23 heavy (non-hydrogen) atoms. The van der Waals surface area contributed by atoms with E-state index in [1.807, 2.05) is 19.9 Å². The van der Waals surface area contributed by atoms with Gasteiger partial charge >= 0.3 is 5.97 Å². The molecule has 122 valence electrons. The lowest BCUT2D eigenvalue weighted by molar-refractivity contribution is -0.133. The van der Waals surface area contributed by atoms with Gasteiger partial charge in [0, 0.05) is 5.02 Å². The van der Waals surface area contributed by atoms with E-state index in [-0.39, 0.29) is 17.1 Å². The Kier molecular flexibility index (Phi) is 5.44. The summed E-state index contributed by atoms with van der Waals surface area (Å²) in [5.74, 6) is -0.456. The molecule has 0 fully saturated rings. The molecule has 2 aromatic carbocycles. The van der Waals surface area contributed by atoms with E-state index < -0.39 is 15.8 Å². The van der Waals surface area contributed by atoms with Crippen LogP contribution in [0, 0.1) is 13.8 Å². The van der Waals surface area contributed by atoms with Crippen molar-refractivity contribution in [2.45, 2.75) is 25.2 Å². The minimum Gasteiger partial charge on any atom is -0.426 e.